The monoisotopic (exact) mass is 527 g/mol. The molecule has 1 unspecified atom stereocenters. The second kappa shape index (κ2) is 8.77. The second-order valence-electron chi connectivity index (χ2n) is 9.38. The SMILES string of the molecule is [2H]c1c(CC(=O)C2(c3ccc4c(c3)OC(F)(F)O4)CC2)c(F)c([2H])c2c1c([2H])c(C(C)(C([2H])([2H])[2H])C([2H])([2H])C)n2C[C@@H](O)C([2H])([2H])O. The van der Waals surface area contributed by atoms with E-state index in [-0.39, 0.29) is 29.9 Å². The number of hydrogen-bond donors (Lipinski definition) is 2. The van der Waals surface area contributed by atoms with Crippen molar-refractivity contribution in [3.05, 3.63) is 59.0 Å². The van der Waals surface area contributed by atoms with E-state index in [0.29, 0.717) is 4.57 Å². The second-order valence-corrected chi connectivity index (χ2v) is 9.38. The van der Waals surface area contributed by atoms with Gasteiger partial charge in [0, 0.05) is 29.8 Å². The average Bonchev–Trinajstić information content (AvgIpc) is 3.60. The van der Waals surface area contributed by atoms with Crippen LogP contribution >= 0.6 is 0 Å². The Morgan fingerprint density at radius 2 is 2.03 bits per heavy atom. The summed E-state index contributed by atoms with van der Waals surface area (Å²) < 4.78 is 136. The number of halogens is 3. The molecule has 9 heteroatoms. The minimum Gasteiger partial charge on any atom is -0.395 e. The zero-order valence-corrected chi connectivity index (χ0v) is 19.8. The van der Waals surface area contributed by atoms with Crippen LogP contribution in [-0.4, -0.2) is 39.5 Å². The summed E-state index contributed by atoms with van der Waals surface area (Å²) in [4.78, 5) is 13.7. The highest BCUT2D eigenvalue weighted by Gasteiger charge is 2.52. The molecule has 0 amide bonds. The van der Waals surface area contributed by atoms with Crippen LogP contribution in [0.3, 0.4) is 0 Å². The molecular weight excluding hydrogens is 487 g/mol. The van der Waals surface area contributed by atoms with Gasteiger partial charge in [-0.3, -0.25) is 4.79 Å². The Morgan fingerprint density at radius 1 is 1.30 bits per heavy atom. The lowest BCUT2D eigenvalue weighted by Gasteiger charge is -2.26. The van der Waals surface area contributed by atoms with Crippen molar-refractivity contribution in [3.63, 3.8) is 0 Å². The van der Waals surface area contributed by atoms with Gasteiger partial charge >= 0.3 is 6.29 Å². The van der Waals surface area contributed by atoms with Gasteiger partial charge in [-0.25, -0.2) is 4.39 Å². The molecule has 0 radical (unpaired) electrons. The molecule has 198 valence electrons. The van der Waals surface area contributed by atoms with Gasteiger partial charge in [-0.2, -0.15) is 0 Å². The quantitative estimate of drug-likeness (QED) is 0.410. The van der Waals surface area contributed by atoms with E-state index in [4.69, 9.17) is 13.7 Å². The number of rotatable bonds is 9. The Bertz CT molecular complexity index is 1780. The van der Waals surface area contributed by atoms with E-state index in [0.717, 1.165) is 13.8 Å². The zero-order valence-electron chi connectivity index (χ0n) is 29.8. The molecule has 2 atom stereocenters. The van der Waals surface area contributed by atoms with Gasteiger partial charge in [0.05, 0.1) is 37.0 Å². The Labute approximate surface area is 226 Å². The van der Waals surface area contributed by atoms with E-state index in [9.17, 15) is 23.8 Å². The maximum absolute atomic E-state index is 16.1. The van der Waals surface area contributed by atoms with Crippen molar-refractivity contribution >= 4 is 16.7 Å². The third-order valence-corrected chi connectivity index (χ3v) is 6.84. The Morgan fingerprint density at radius 3 is 2.68 bits per heavy atom. The molecule has 1 aliphatic carbocycles. The van der Waals surface area contributed by atoms with Crippen molar-refractivity contribution < 1.29 is 51.4 Å². The molecule has 1 fully saturated rings. The smallest absolute Gasteiger partial charge is 0.395 e. The van der Waals surface area contributed by atoms with E-state index >= 15 is 4.39 Å². The molecule has 5 rings (SSSR count). The molecule has 2 heterocycles. The third-order valence-electron chi connectivity index (χ3n) is 6.84. The van der Waals surface area contributed by atoms with E-state index < -0.39 is 108 Å². The largest absolute Gasteiger partial charge is 0.586 e. The normalized spacial score (nSPS) is 24.6. The van der Waals surface area contributed by atoms with Crippen LogP contribution in [0, 0.1) is 5.82 Å². The number of benzene rings is 2. The fourth-order valence-corrected chi connectivity index (χ4v) is 4.56. The molecule has 1 aliphatic heterocycles. The van der Waals surface area contributed by atoms with Crippen LogP contribution < -0.4 is 9.47 Å². The number of carbonyl (C=O) groups is 1. The van der Waals surface area contributed by atoms with Gasteiger partial charge in [-0.15, -0.1) is 8.78 Å². The highest BCUT2D eigenvalue weighted by Crippen LogP contribution is 2.52. The maximum Gasteiger partial charge on any atom is 0.586 e. The van der Waals surface area contributed by atoms with E-state index in [1.54, 1.807) is 0 Å². The van der Waals surface area contributed by atoms with Crippen molar-refractivity contribution in [3.8, 4) is 11.5 Å². The summed E-state index contributed by atoms with van der Waals surface area (Å²) in [6, 6.07) is 1.08. The van der Waals surface area contributed by atoms with E-state index in [1.165, 1.54) is 18.2 Å². The number of nitrogens with zero attached hydrogens (tertiary/aromatic N) is 1. The van der Waals surface area contributed by atoms with Crippen LogP contribution in [-0.2, 0) is 28.6 Å². The van der Waals surface area contributed by atoms with Crippen LogP contribution in [0.5, 0.6) is 11.5 Å². The fraction of sp³-hybridized carbons (Fsp3) is 0.464. The molecule has 2 aliphatic rings. The Kier molecular flexibility index (Phi) is 3.80. The number of aliphatic hydroxyl groups excluding tert-OH is 1. The van der Waals surface area contributed by atoms with Gasteiger partial charge in [0.25, 0.3) is 0 Å². The summed E-state index contributed by atoms with van der Waals surface area (Å²) in [6.07, 6.45) is -9.24. The summed E-state index contributed by atoms with van der Waals surface area (Å²) in [7, 11) is 0. The highest BCUT2D eigenvalue weighted by molar-refractivity contribution is 5.95. The van der Waals surface area contributed by atoms with Gasteiger partial charge in [0.1, 0.15) is 11.6 Å². The highest BCUT2D eigenvalue weighted by atomic mass is 19.3. The average molecular weight is 528 g/mol. The molecule has 0 bridgehead atoms. The lowest BCUT2D eigenvalue weighted by molar-refractivity contribution is -0.286. The van der Waals surface area contributed by atoms with Crippen LogP contribution in [0.4, 0.5) is 13.2 Å². The van der Waals surface area contributed by atoms with Gasteiger partial charge in [0.2, 0.25) is 0 Å². The van der Waals surface area contributed by atoms with Gasteiger partial charge < -0.3 is 24.3 Å². The molecular formula is C28H30F3NO5. The lowest BCUT2D eigenvalue weighted by Crippen LogP contribution is -2.26. The first-order chi connectivity index (χ1) is 21.3. The first kappa shape index (κ1) is 16.0. The number of ether oxygens (including phenoxy) is 2. The van der Waals surface area contributed by atoms with Crippen molar-refractivity contribution in [1.29, 1.82) is 0 Å². The molecule has 1 aromatic heterocycles. The third kappa shape index (κ3) is 4.48. The number of alkyl halides is 2. The summed E-state index contributed by atoms with van der Waals surface area (Å²) in [6.45, 7) is -5.76. The molecule has 1 saturated carbocycles. The standard InChI is InChI=1S/C28H30F3NO5/c1-4-26(2,3)24-10-17-9-16(20(29)13-21(17)32(24)14-19(34)15-33)11-25(35)27(7-8-27)18-5-6-22-23(12-18)37-28(30,31)36-22/h5-6,9-10,12-13,19,33-34H,4,7-8,11,14-15H2,1-3H3/t19-/m1/s1/i2D3,4D2,9D,10D,13D,15D2/t19-,26?. The van der Waals surface area contributed by atoms with Crippen molar-refractivity contribution in [2.24, 2.45) is 0 Å². The predicted molar refractivity (Wildman–Crippen MR) is 131 cm³/mol. The van der Waals surface area contributed by atoms with Crippen molar-refractivity contribution in [2.45, 2.75) is 76.1 Å². The number of aromatic nitrogens is 1. The van der Waals surface area contributed by atoms with Gasteiger partial charge in [-0.05, 0) is 60.6 Å². The summed E-state index contributed by atoms with van der Waals surface area (Å²) in [5.74, 6) is -2.64. The van der Waals surface area contributed by atoms with Crippen molar-refractivity contribution in [2.75, 3.05) is 6.56 Å². The number of hydrogen-bond acceptors (Lipinski definition) is 5. The van der Waals surface area contributed by atoms with Crippen LogP contribution in [0.1, 0.15) is 70.4 Å². The van der Waals surface area contributed by atoms with Gasteiger partial charge in [0.15, 0.2) is 11.5 Å². The topological polar surface area (TPSA) is 80.9 Å². The molecule has 2 N–H and O–H groups in total. The number of carbonyl (C=O) groups excluding carboxylic acids is 1. The molecule has 2 aromatic carbocycles. The number of Topliss-reactive ketones (excluding diaryl/α,β-unsaturated/α-hetero) is 1. The zero-order chi connectivity index (χ0) is 35.4. The van der Waals surface area contributed by atoms with Crippen LogP contribution in [0.2, 0.25) is 0 Å². The van der Waals surface area contributed by atoms with Crippen molar-refractivity contribution in [1.82, 2.24) is 4.57 Å². The Hall–Kier alpha value is -3.04. The lowest BCUT2D eigenvalue weighted by atomic mass is 9.86. The molecule has 3 aromatic rings. The molecule has 0 spiro atoms. The number of fused-ring (bicyclic) bond motifs is 2. The molecule has 0 saturated heterocycles. The van der Waals surface area contributed by atoms with E-state index in [1.807, 2.05) is 0 Å². The maximum atomic E-state index is 16.1. The first-order valence-electron chi connectivity index (χ1n) is 16.4. The Balaban J connectivity index is 1.69. The minimum atomic E-state index is -3.91. The van der Waals surface area contributed by atoms with E-state index in [2.05, 4.69) is 9.47 Å². The van der Waals surface area contributed by atoms with Gasteiger partial charge in [-0.1, -0.05) is 26.8 Å². The molecule has 37 heavy (non-hydrogen) atoms. The van der Waals surface area contributed by atoms with Crippen LogP contribution in [0.15, 0.2) is 36.3 Å². The summed E-state index contributed by atoms with van der Waals surface area (Å²) in [5.41, 5.74) is -5.65. The molecule has 6 nitrogen and oxygen atoms in total. The van der Waals surface area contributed by atoms with Crippen LogP contribution in [0.25, 0.3) is 10.9 Å². The predicted octanol–water partition coefficient (Wildman–Crippen LogP) is 4.99. The fourth-order valence-electron chi connectivity index (χ4n) is 4.56. The number of ketones is 1. The minimum absolute atomic E-state index is 0.237. The summed E-state index contributed by atoms with van der Waals surface area (Å²) >= 11 is 0. The summed E-state index contributed by atoms with van der Waals surface area (Å²) in [5, 5.41) is 19.7. The number of aliphatic hydroxyl groups is 2. The first-order valence-corrected chi connectivity index (χ1v) is 11.4.